The number of amides is 2. The van der Waals surface area contributed by atoms with Crippen molar-refractivity contribution < 1.29 is 9.90 Å². The third-order valence-corrected chi connectivity index (χ3v) is 3.84. The smallest absolute Gasteiger partial charge is 0.319 e. The van der Waals surface area contributed by atoms with Crippen LogP contribution in [0.1, 0.15) is 17.2 Å². The Morgan fingerprint density at radius 2 is 1.86 bits per heavy atom. The SMILES string of the molecule is O=C(Nc1ccc(Cl)cc1)N[C@@H]1c2ccccc2C[C@@H]1O. The summed E-state index contributed by atoms with van der Waals surface area (Å²) < 4.78 is 0. The zero-order valence-electron chi connectivity index (χ0n) is 11.2. The molecule has 2 aromatic carbocycles. The molecule has 0 radical (unpaired) electrons. The van der Waals surface area contributed by atoms with Crippen molar-refractivity contribution in [2.24, 2.45) is 0 Å². The summed E-state index contributed by atoms with van der Waals surface area (Å²) in [6.45, 7) is 0. The summed E-state index contributed by atoms with van der Waals surface area (Å²) >= 11 is 5.80. The molecule has 0 saturated carbocycles. The maximum Gasteiger partial charge on any atom is 0.319 e. The van der Waals surface area contributed by atoms with Gasteiger partial charge in [0.2, 0.25) is 0 Å². The molecule has 0 fully saturated rings. The summed E-state index contributed by atoms with van der Waals surface area (Å²) in [5.41, 5.74) is 2.69. The molecule has 0 spiro atoms. The lowest BCUT2D eigenvalue weighted by Gasteiger charge is -2.18. The number of carbonyl (C=O) groups is 1. The largest absolute Gasteiger partial charge is 0.390 e. The van der Waals surface area contributed by atoms with Gasteiger partial charge in [-0.3, -0.25) is 0 Å². The molecule has 0 aromatic heterocycles. The van der Waals surface area contributed by atoms with Crippen LogP contribution in [0.25, 0.3) is 0 Å². The van der Waals surface area contributed by atoms with Crippen LogP contribution in [0.2, 0.25) is 5.02 Å². The lowest BCUT2D eigenvalue weighted by molar-refractivity contribution is 0.144. The van der Waals surface area contributed by atoms with Gasteiger partial charge in [0.05, 0.1) is 12.1 Å². The molecule has 0 heterocycles. The van der Waals surface area contributed by atoms with Gasteiger partial charge in [0.15, 0.2) is 0 Å². The minimum Gasteiger partial charge on any atom is -0.390 e. The van der Waals surface area contributed by atoms with E-state index in [0.717, 1.165) is 11.1 Å². The Morgan fingerprint density at radius 1 is 1.14 bits per heavy atom. The van der Waals surface area contributed by atoms with Crippen LogP contribution in [-0.2, 0) is 6.42 Å². The molecule has 0 unspecified atom stereocenters. The summed E-state index contributed by atoms with van der Waals surface area (Å²) in [6.07, 6.45) is -0.0411. The van der Waals surface area contributed by atoms with Crippen molar-refractivity contribution in [3.8, 4) is 0 Å². The Hall–Kier alpha value is -2.04. The average molecular weight is 303 g/mol. The highest BCUT2D eigenvalue weighted by Gasteiger charge is 2.31. The van der Waals surface area contributed by atoms with Gasteiger partial charge in [-0.1, -0.05) is 35.9 Å². The molecule has 2 atom stereocenters. The fourth-order valence-corrected chi connectivity index (χ4v) is 2.72. The predicted molar refractivity (Wildman–Crippen MR) is 82.5 cm³/mol. The van der Waals surface area contributed by atoms with Gasteiger partial charge in [-0.15, -0.1) is 0 Å². The zero-order chi connectivity index (χ0) is 14.8. The number of hydrogen-bond acceptors (Lipinski definition) is 2. The Morgan fingerprint density at radius 3 is 2.62 bits per heavy atom. The van der Waals surface area contributed by atoms with Gasteiger partial charge < -0.3 is 15.7 Å². The van der Waals surface area contributed by atoms with Crippen LogP contribution >= 0.6 is 11.6 Å². The molecule has 108 valence electrons. The molecular formula is C16H15ClN2O2. The number of hydrogen-bond donors (Lipinski definition) is 3. The number of carbonyl (C=O) groups excluding carboxylic acids is 1. The third-order valence-electron chi connectivity index (χ3n) is 3.59. The maximum absolute atomic E-state index is 12.0. The number of aliphatic hydroxyl groups excluding tert-OH is 1. The van der Waals surface area contributed by atoms with Crippen molar-refractivity contribution in [2.45, 2.75) is 18.6 Å². The number of benzene rings is 2. The van der Waals surface area contributed by atoms with Crippen molar-refractivity contribution in [3.05, 3.63) is 64.7 Å². The lowest BCUT2D eigenvalue weighted by atomic mass is 10.1. The van der Waals surface area contributed by atoms with Gasteiger partial charge in [0.25, 0.3) is 0 Å². The van der Waals surface area contributed by atoms with Crippen LogP contribution in [0, 0.1) is 0 Å². The Balaban J connectivity index is 1.69. The second kappa shape index (κ2) is 5.76. The first-order chi connectivity index (χ1) is 10.1. The molecule has 1 aliphatic carbocycles. The molecule has 2 amide bonds. The number of anilines is 1. The molecule has 3 rings (SSSR count). The van der Waals surface area contributed by atoms with Gasteiger partial charge >= 0.3 is 6.03 Å². The lowest BCUT2D eigenvalue weighted by Crippen LogP contribution is -2.36. The van der Waals surface area contributed by atoms with E-state index in [0.29, 0.717) is 17.1 Å². The maximum atomic E-state index is 12.0. The number of urea groups is 1. The average Bonchev–Trinajstić information content (AvgIpc) is 2.78. The van der Waals surface area contributed by atoms with Gasteiger partial charge in [0.1, 0.15) is 0 Å². The number of rotatable bonds is 2. The van der Waals surface area contributed by atoms with Crippen LogP contribution < -0.4 is 10.6 Å². The van der Waals surface area contributed by atoms with Crippen molar-refractivity contribution in [2.75, 3.05) is 5.32 Å². The van der Waals surface area contributed by atoms with Gasteiger partial charge in [-0.05, 0) is 35.4 Å². The standard InChI is InChI=1S/C16H15ClN2O2/c17-11-5-7-12(8-6-11)18-16(21)19-15-13-4-2-1-3-10(13)9-14(15)20/h1-8,14-15,20H,9H2,(H2,18,19,21)/t14-,15+/m0/s1. The second-order valence-corrected chi connectivity index (χ2v) is 5.49. The first kappa shape index (κ1) is 13.9. The minimum atomic E-state index is -0.599. The molecule has 4 nitrogen and oxygen atoms in total. The van der Waals surface area contributed by atoms with E-state index >= 15 is 0 Å². The highest BCUT2D eigenvalue weighted by atomic mass is 35.5. The minimum absolute atomic E-state index is 0.349. The molecule has 0 bridgehead atoms. The number of nitrogens with one attached hydrogen (secondary N) is 2. The molecule has 2 aromatic rings. The molecule has 3 N–H and O–H groups in total. The van der Waals surface area contributed by atoms with E-state index in [2.05, 4.69) is 10.6 Å². The van der Waals surface area contributed by atoms with Gasteiger partial charge in [0, 0.05) is 17.1 Å². The quantitative estimate of drug-likeness (QED) is 0.798. The molecule has 0 saturated heterocycles. The number of aliphatic hydroxyl groups is 1. The fourth-order valence-electron chi connectivity index (χ4n) is 2.59. The van der Waals surface area contributed by atoms with E-state index in [9.17, 15) is 9.90 Å². The number of halogens is 1. The van der Waals surface area contributed by atoms with Gasteiger partial charge in [-0.25, -0.2) is 4.79 Å². The van der Waals surface area contributed by atoms with Crippen molar-refractivity contribution >= 4 is 23.3 Å². The zero-order valence-corrected chi connectivity index (χ0v) is 12.0. The normalized spacial score (nSPS) is 19.9. The van der Waals surface area contributed by atoms with E-state index in [-0.39, 0.29) is 12.1 Å². The van der Waals surface area contributed by atoms with E-state index in [1.807, 2.05) is 24.3 Å². The van der Waals surface area contributed by atoms with Crippen LogP contribution in [0.4, 0.5) is 10.5 Å². The molecule has 0 aliphatic heterocycles. The molecular weight excluding hydrogens is 288 g/mol. The first-order valence-electron chi connectivity index (χ1n) is 6.72. The predicted octanol–water partition coefficient (Wildman–Crippen LogP) is 3.12. The van der Waals surface area contributed by atoms with Gasteiger partial charge in [-0.2, -0.15) is 0 Å². The summed E-state index contributed by atoms with van der Waals surface area (Å²) in [4.78, 5) is 12.0. The second-order valence-electron chi connectivity index (χ2n) is 5.05. The Labute approximate surface area is 127 Å². The Kier molecular flexibility index (Phi) is 3.82. The van der Waals surface area contributed by atoms with Crippen LogP contribution in [0.5, 0.6) is 0 Å². The van der Waals surface area contributed by atoms with Crippen molar-refractivity contribution in [1.29, 1.82) is 0 Å². The first-order valence-corrected chi connectivity index (χ1v) is 7.10. The molecule has 1 aliphatic rings. The van der Waals surface area contributed by atoms with Crippen LogP contribution in [-0.4, -0.2) is 17.2 Å². The highest BCUT2D eigenvalue weighted by molar-refractivity contribution is 6.30. The summed E-state index contributed by atoms with van der Waals surface area (Å²) in [5, 5.41) is 16.3. The number of fused-ring (bicyclic) bond motifs is 1. The summed E-state index contributed by atoms with van der Waals surface area (Å²) in [7, 11) is 0. The van der Waals surface area contributed by atoms with E-state index < -0.39 is 6.10 Å². The monoisotopic (exact) mass is 302 g/mol. The van der Waals surface area contributed by atoms with Crippen molar-refractivity contribution in [3.63, 3.8) is 0 Å². The van der Waals surface area contributed by atoms with E-state index in [4.69, 9.17) is 11.6 Å². The molecule has 5 heteroatoms. The van der Waals surface area contributed by atoms with E-state index in [1.54, 1.807) is 24.3 Å². The molecule has 21 heavy (non-hydrogen) atoms. The van der Waals surface area contributed by atoms with Crippen LogP contribution in [0.15, 0.2) is 48.5 Å². The van der Waals surface area contributed by atoms with Crippen LogP contribution in [0.3, 0.4) is 0 Å². The fraction of sp³-hybridized carbons (Fsp3) is 0.188. The third kappa shape index (κ3) is 3.01. The van der Waals surface area contributed by atoms with Crippen molar-refractivity contribution in [1.82, 2.24) is 5.32 Å². The topological polar surface area (TPSA) is 61.4 Å². The highest BCUT2D eigenvalue weighted by Crippen LogP contribution is 2.31. The summed E-state index contributed by atoms with van der Waals surface area (Å²) in [6, 6.07) is 13.9. The summed E-state index contributed by atoms with van der Waals surface area (Å²) in [5.74, 6) is 0. The van der Waals surface area contributed by atoms with E-state index in [1.165, 1.54) is 0 Å². The Bertz CT molecular complexity index is 658.